The van der Waals surface area contributed by atoms with Gasteiger partial charge in [0.25, 0.3) is 5.89 Å². The Morgan fingerprint density at radius 1 is 1.17 bits per heavy atom. The van der Waals surface area contributed by atoms with Crippen molar-refractivity contribution in [3.63, 3.8) is 0 Å². The molecule has 2 heterocycles. The summed E-state index contributed by atoms with van der Waals surface area (Å²) in [6.07, 6.45) is 0.238. The Hall–Kier alpha value is -3.33. The summed E-state index contributed by atoms with van der Waals surface area (Å²) < 4.78 is 29.4. The smallest absolute Gasteiger partial charge is 0.322 e. The maximum atomic E-state index is 12.9. The third-order valence-corrected chi connectivity index (χ3v) is 5.04. The van der Waals surface area contributed by atoms with Gasteiger partial charge < -0.3 is 13.6 Å². The lowest BCUT2D eigenvalue weighted by molar-refractivity contribution is -0.115. The van der Waals surface area contributed by atoms with Crippen molar-refractivity contribution >= 4 is 34.7 Å². The Labute approximate surface area is 169 Å². The van der Waals surface area contributed by atoms with E-state index >= 15 is 0 Å². The van der Waals surface area contributed by atoms with Gasteiger partial charge in [-0.25, -0.2) is 4.39 Å². The molecule has 1 amide bonds. The number of hydrogen-bond acceptors (Lipinski definition) is 7. The van der Waals surface area contributed by atoms with E-state index in [2.05, 4.69) is 15.5 Å². The summed E-state index contributed by atoms with van der Waals surface area (Å²) in [7, 11) is 1.56. The Morgan fingerprint density at radius 2 is 2.00 bits per heavy atom. The number of methoxy groups -OCH3 is 1. The Bertz CT molecular complexity index is 1140. The number of fused-ring (bicyclic) bond motifs is 1. The van der Waals surface area contributed by atoms with E-state index in [1.807, 2.05) is 12.1 Å². The normalized spacial score (nSPS) is 11.0. The van der Waals surface area contributed by atoms with Gasteiger partial charge in [0, 0.05) is 22.5 Å². The van der Waals surface area contributed by atoms with Gasteiger partial charge in [0.15, 0.2) is 17.1 Å². The molecule has 0 aliphatic heterocycles. The number of benzene rings is 2. The predicted molar refractivity (Wildman–Crippen MR) is 106 cm³/mol. The molecular weight excluding hydrogens is 397 g/mol. The molecule has 0 radical (unpaired) electrons. The molecule has 0 saturated heterocycles. The number of ether oxygens (including phenoxy) is 1. The number of furan rings is 1. The fourth-order valence-electron chi connectivity index (χ4n) is 2.65. The first kappa shape index (κ1) is 19.0. The molecule has 29 heavy (non-hydrogen) atoms. The quantitative estimate of drug-likeness (QED) is 0.437. The van der Waals surface area contributed by atoms with Gasteiger partial charge >= 0.3 is 6.01 Å². The number of thioether (sulfide) groups is 1. The molecule has 2 aromatic heterocycles. The second-order valence-corrected chi connectivity index (χ2v) is 7.17. The van der Waals surface area contributed by atoms with E-state index in [9.17, 15) is 9.18 Å². The highest BCUT2D eigenvalue weighted by molar-refractivity contribution is 7.99. The summed E-state index contributed by atoms with van der Waals surface area (Å²) in [5.74, 6) is 1.11. The number of hydrogen-bond donors (Lipinski definition) is 1. The van der Waals surface area contributed by atoms with Crippen molar-refractivity contribution in [3.8, 4) is 17.4 Å². The Kier molecular flexibility index (Phi) is 5.48. The zero-order valence-corrected chi connectivity index (χ0v) is 16.2. The van der Waals surface area contributed by atoms with E-state index in [4.69, 9.17) is 13.6 Å². The van der Waals surface area contributed by atoms with Crippen LogP contribution < -0.4 is 10.1 Å². The van der Waals surface area contributed by atoms with Crippen LogP contribution in [0.5, 0.6) is 5.75 Å². The molecule has 0 unspecified atom stereocenters. The van der Waals surface area contributed by atoms with Crippen molar-refractivity contribution in [1.29, 1.82) is 0 Å². The summed E-state index contributed by atoms with van der Waals surface area (Å²) in [5.41, 5.74) is 0.576. The number of amides is 1. The van der Waals surface area contributed by atoms with Crippen molar-refractivity contribution in [2.24, 2.45) is 0 Å². The van der Waals surface area contributed by atoms with Gasteiger partial charge in [0.05, 0.1) is 7.11 Å². The highest BCUT2D eigenvalue weighted by atomic mass is 32.2. The van der Waals surface area contributed by atoms with Crippen LogP contribution in [0, 0.1) is 5.82 Å². The molecule has 0 bridgehead atoms. The zero-order chi connectivity index (χ0) is 20.2. The van der Waals surface area contributed by atoms with Crippen molar-refractivity contribution in [2.45, 2.75) is 11.3 Å². The summed E-state index contributed by atoms with van der Waals surface area (Å²) in [4.78, 5) is 13.0. The lowest BCUT2D eigenvalue weighted by Gasteiger charge is -2.01. The Balaban J connectivity index is 1.36. The number of nitrogens with zero attached hydrogens (tertiary/aromatic N) is 2. The molecule has 4 aromatic rings. The van der Waals surface area contributed by atoms with E-state index in [0.717, 1.165) is 10.3 Å². The highest BCUT2D eigenvalue weighted by Gasteiger charge is 2.16. The first-order valence-corrected chi connectivity index (χ1v) is 9.69. The molecule has 2 aromatic carbocycles. The van der Waals surface area contributed by atoms with Crippen LogP contribution in [0.2, 0.25) is 0 Å². The monoisotopic (exact) mass is 413 g/mol. The van der Waals surface area contributed by atoms with Gasteiger partial charge in [-0.15, -0.1) is 16.9 Å². The Morgan fingerprint density at radius 3 is 2.79 bits per heavy atom. The summed E-state index contributed by atoms with van der Waals surface area (Å²) in [6, 6.07) is 13.4. The van der Waals surface area contributed by atoms with Crippen LogP contribution in [0.15, 0.2) is 62.3 Å². The molecule has 1 N–H and O–H groups in total. The summed E-state index contributed by atoms with van der Waals surface area (Å²) >= 11 is 1.45. The standard InChI is InChI=1S/C20H16FN3O4S/c1-26-15-4-2-3-12-11-16(27-18(12)15)19-23-24-20(28-19)22-17(25)9-10-29-14-7-5-13(21)6-8-14/h2-8,11H,9-10H2,1H3,(H,22,24,25). The maximum Gasteiger partial charge on any atom is 0.322 e. The fourth-order valence-corrected chi connectivity index (χ4v) is 3.50. The summed E-state index contributed by atoms with van der Waals surface area (Å²) in [5, 5.41) is 11.2. The van der Waals surface area contributed by atoms with Crippen LogP contribution in [-0.2, 0) is 4.79 Å². The second kappa shape index (κ2) is 8.36. The van der Waals surface area contributed by atoms with Crippen molar-refractivity contribution in [3.05, 3.63) is 54.3 Å². The number of anilines is 1. The lowest BCUT2D eigenvalue weighted by Crippen LogP contribution is -2.12. The number of rotatable bonds is 7. The second-order valence-electron chi connectivity index (χ2n) is 6.00. The molecule has 0 fully saturated rings. The fraction of sp³-hybridized carbons (Fsp3) is 0.150. The number of carbonyl (C=O) groups is 1. The summed E-state index contributed by atoms with van der Waals surface area (Å²) in [6.45, 7) is 0. The van der Waals surface area contributed by atoms with Crippen molar-refractivity contribution in [1.82, 2.24) is 10.2 Å². The van der Waals surface area contributed by atoms with Gasteiger partial charge in [-0.05, 0) is 36.4 Å². The molecule has 7 nitrogen and oxygen atoms in total. The van der Waals surface area contributed by atoms with E-state index in [1.165, 1.54) is 23.9 Å². The van der Waals surface area contributed by atoms with E-state index in [-0.39, 0.29) is 30.1 Å². The first-order valence-electron chi connectivity index (χ1n) is 8.71. The topological polar surface area (TPSA) is 90.4 Å². The molecular formula is C20H16FN3O4S. The largest absolute Gasteiger partial charge is 0.493 e. The molecule has 0 atom stereocenters. The van der Waals surface area contributed by atoms with Crippen LogP contribution in [0.1, 0.15) is 6.42 Å². The van der Waals surface area contributed by atoms with Crippen LogP contribution in [0.3, 0.4) is 0 Å². The molecule has 0 aliphatic carbocycles. The van der Waals surface area contributed by atoms with Crippen LogP contribution in [-0.4, -0.2) is 29.0 Å². The SMILES string of the molecule is COc1cccc2cc(-c3nnc(NC(=O)CCSc4ccc(F)cc4)o3)oc12. The van der Waals surface area contributed by atoms with Gasteiger partial charge in [0.1, 0.15) is 5.82 Å². The van der Waals surface area contributed by atoms with Crippen LogP contribution in [0.4, 0.5) is 10.4 Å². The zero-order valence-electron chi connectivity index (χ0n) is 15.3. The van der Waals surface area contributed by atoms with Gasteiger partial charge in [-0.3, -0.25) is 10.1 Å². The molecule has 4 rings (SSSR count). The predicted octanol–water partition coefficient (Wildman–Crippen LogP) is 4.75. The van der Waals surface area contributed by atoms with Crippen LogP contribution in [0.25, 0.3) is 22.6 Å². The van der Waals surface area contributed by atoms with Gasteiger partial charge in [-0.1, -0.05) is 17.2 Å². The van der Waals surface area contributed by atoms with Crippen LogP contribution >= 0.6 is 11.8 Å². The number of nitrogens with one attached hydrogen (secondary N) is 1. The van der Waals surface area contributed by atoms with Crippen molar-refractivity contribution < 1.29 is 22.8 Å². The number of para-hydroxylation sites is 1. The molecule has 148 valence electrons. The highest BCUT2D eigenvalue weighted by Crippen LogP contribution is 2.33. The number of carbonyl (C=O) groups excluding carboxylic acids is 1. The van der Waals surface area contributed by atoms with Crippen molar-refractivity contribution in [2.75, 3.05) is 18.2 Å². The lowest BCUT2D eigenvalue weighted by atomic mass is 10.2. The first-order chi connectivity index (χ1) is 14.1. The van der Waals surface area contributed by atoms with Gasteiger partial charge in [0.2, 0.25) is 5.91 Å². The minimum Gasteiger partial charge on any atom is -0.493 e. The minimum absolute atomic E-state index is 0.01000. The molecule has 0 aliphatic rings. The number of aromatic nitrogens is 2. The third-order valence-electron chi connectivity index (χ3n) is 4.02. The minimum atomic E-state index is -0.290. The van der Waals surface area contributed by atoms with E-state index in [0.29, 0.717) is 22.8 Å². The van der Waals surface area contributed by atoms with E-state index in [1.54, 1.807) is 31.4 Å². The molecule has 0 saturated carbocycles. The van der Waals surface area contributed by atoms with Gasteiger partial charge in [-0.2, -0.15) is 0 Å². The average molecular weight is 413 g/mol. The number of halogens is 1. The molecule has 9 heteroatoms. The van der Waals surface area contributed by atoms with E-state index < -0.39 is 0 Å². The maximum absolute atomic E-state index is 12.9. The third kappa shape index (κ3) is 4.40. The average Bonchev–Trinajstić information content (AvgIpc) is 3.36. The molecule has 0 spiro atoms.